The molecule has 3 N–H and O–H groups in total. The van der Waals surface area contributed by atoms with E-state index in [2.05, 4.69) is 29.2 Å². The van der Waals surface area contributed by atoms with E-state index in [1.54, 1.807) is 0 Å². The molecule has 0 saturated heterocycles. The average molecular weight is 328 g/mol. The minimum atomic E-state index is -5.84. The molecule has 0 aliphatic rings. The van der Waals surface area contributed by atoms with Crippen molar-refractivity contribution in [1.29, 1.82) is 0 Å². The van der Waals surface area contributed by atoms with E-state index in [0.29, 0.717) is 0 Å². The van der Waals surface area contributed by atoms with Crippen LogP contribution in [0, 0.1) is 0 Å². The van der Waals surface area contributed by atoms with E-state index in [1.807, 2.05) is 20.2 Å². The van der Waals surface area contributed by atoms with Crippen molar-refractivity contribution in [2.75, 3.05) is 20.6 Å². The van der Waals surface area contributed by atoms with Gasteiger partial charge >= 0.3 is 15.6 Å². The van der Waals surface area contributed by atoms with Gasteiger partial charge in [-0.1, -0.05) is 30.3 Å². The first kappa shape index (κ1) is 19.8. The quantitative estimate of drug-likeness (QED) is 0.647. The van der Waals surface area contributed by atoms with Crippen LogP contribution in [0.4, 0.5) is 13.2 Å². The van der Waals surface area contributed by atoms with Crippen molar-refractivity contribution in [3.05, 3.63) is 35.9 Å². The first-order chi connectivity index (χ1) is 9.43. The zero-order valence-electron chi connectivity index (χ0n) is 11.7. The molecule has 0 aliphatic heterocycles. The van der Waals surface area contributed by atoms with Gasteiger partial charge in [0.25, 0.3) is 0 Å². The number of nitrogens with zero attached hydrogens (tertiary/aromatic N) is 1. The third kappa shape index (κ3) is 9.40. The number of hydrogen-bond acceptors (Lipinski definition) is 4. The molecular weight excluding hydrogens is 309 g/mol. The van der Waals surface area contributed by atoms with E-state index in [0.717, 1.165) is 13.0 Å². The highest BCUT2D eigenvalue weighted by molar-refractivity contribution is 7.86. The van der Waals surface area contributed by atoms with Crippen LogP contribution >= 0.6 is 0 Å². The van der Waals surface area contributed by atoms with E-state index in [1.165, 1.54) is 5.56 Å². The highest BCUT2D eigenvalue weighted by Gasteiger charge is 2.44. The normalized spacial score (nSPS) is 13.5. The van der Waals surface area contributed by atoms with E-state index >= 15 is 0 Å². The molecule has 0 saturated carbocycles. The molecule has 0 fully saturated rings. The molecule has 0 radical (unpaired) electrons. The van der Waals surface area contributed by atoms with Crippen LogP contribution in [-0.4, -0.2) is 50.1 Å². The predicted octanol–water partition coefficient (Wildman–Crippen LogP) is 1.51. The van der Waals surface area contributed by atoms with E-state index in [4.69, 9.17) is 18.7 Å². The van der Waals surface area contributed by atoms with Crippen LogP contribution in [0.1, 0.15) is 5.56 Å². The van der Waals surface area contributed by atoms with Gasteiger partial charge in [0.05, 0.1) is 0 Å². The fourth-order valence-corrected chi connectivity index (χ4v) is 1.45. The van der Waals surface area contributed by atoms with Crippen molar-refractivity contribution < 1.29 is 26.1 Å². The molecule has 1 aromatic rings. The van der Waals surface area contributed by atoms with Crippen molar-refractivity contribution in [3.8, 4) is 0 Å². The van der Waals surface area contributed by atoms with Crippen molar-refractivity contribution >= 4 is 10.1 Å². The van der Waals surface area contributed by atoms with Gasteiger partial charge in [0, 0.05) is 12.6 Å². The summed E-state index contributed by atoms with van der Waals surface area (Å²) in [6.07, 6.45) is 0.957. The van der Waals surface area contributed by atoms with Gasteiger partial charge in [-0.3, -0.25) is 4.55 Å². The predicted molar refractivity (Wildman–Crippen MR) is 74.3 cm³/mol. The summed E-state index contributed by atoms with van der Waals surface area (Å²) >= 11 is 0. The van der Waals surface area contributed by atoms with Crippen LogP contribution in [0.5, 0.6) is 0 Å². The maximum Gasteiger partial charge on any atom is 0.522 e. The molecule has 0 heterocycles. The maximum absolute atomic E-state index is 10.7. The van der Waals surface area contributed by atoms with Crippen LogP contribution in [0.2, 0.25) is 0 Å². The van der Waals surface area contributed by atoms with Gasteiger partial charge in [-0.25, -0.2) is 0 Å². The summed E-state index contributed by atoms with van der Waals surface area (Å²) in [7, 11) is -1.75. The smallest absolute Gasteiger partial charge is 0.326 e. The van der Waals surface area contributed by atoms with Gasteiger partial charge < -0.3 is 10.6 Å². The molecule has 1 aromatic carbocycles. The Labute approximate surface area is 122 Å². The molecule has 0 aromatic heterocycles. The lowest BCUT2D eigenvalue weighted by Gasteiger charge is -2.16. The number of nitrogens with two attached hydrogens (primary N) is 1. The monoisotopic (exact) mass is 328 g/mol. The molecule has 9 heteroatoms. The molecule has 1 rings (SSSR count). The number of rotatable bonds is 4. The minimum Gasteiger partial charge on any atom is -0.326 e. The fourth-order valence-electron chi connectivity index (χ4n) is 1.45. The van der Waals surface area contributed by atoms with Crippen molar-refractivity contribution in [2.45, 2.75) is 18.0 Å². The molecular formula is C12H19F3N2O3S. The van der Waals surface area contributed by atoms with Crippen LogP contribution in [0.25, 0.3) is 0 Å². The van der Waals surface area contributed by atoms with Gasteiger partial charge in [0.15, 0.2) is 0 Å². The van der Waals surface area contributed by atoms with Gasteiger partial charge in [-0.2, -0.15) is 21.6 Å². The van der Waals surface area contributed by atoms with Crippen molar-refractivity contribution in [2.24, 2.45) is 5.73 Å². The molecule has 0 bridgehead atoms. The Morgan fingerprint density at radius 3 is 2.00 bits per heavy atom. The molecule has 0 aliphatic carbocycles. The maximum atomic E-state index is 10.7. The summed E-state index contributed by atoms with van der Waals surface area (Å²) < 4.78 is 57.5. The Morgan fingerprint density at radius 1 is 1.24 bits per heavy atom. The highest BCUT2D eigenvalue weighted by atomic mass is 32.2. The molecule has 0 spiro atoms. The molecule has 21 heavy (non-hydrogen) atoms. The van der Waals surface area contributed by atoms with Gasteiger partial charge in [-0.15, -0.1) is 0 Å². The SMILES string of the molecule is CN(C)CC(N)Cc1ccccc1.O=S(=O)(O)C(F)(F)F. The van der Waals surface area contributed by atoms with Gasteiger partial charge in [-0.05, 0) is 26.1 Å². The molecule has 1 atom stereocenters. The zero-order chi connectivity index (χ0) is 16.7. The average Bonchev–Trinajstić information content (AvgIpc) is 2.26. The molecule has 5 nitrogen and oxygen atoms in total. The Morgan fingerprint density at radius 2 is 1.67 bits per heavy atom. The largest absolute Gasteiger partial charge is 0.522 e. The van der Waals surface area contributed by atoms with Crippen molar-refractivity contribution in [1.82, 2.24) is 4.90 Å². The van der Waals surface area contributed by atoms with E-state index in [9.17, 15) is 13.2 Å². The Kier molecular flexibility index (Phi) is 7.86. The number of alkyl halides is 3. The molecule has 122 valence electrons. The van der Waals surface area contributed by atoms with Crippen LogP contribution < -0.4 is 5.73 Å². The standard InChI is InChI=1S/C11H18N2.CHF3O3S/c1-13(2)9-11(12)8-10-6-4-3-5-7-10;2-1(3,4)8(5,6)7/h3-7,11H,8-9,12H2,1-2H3;(H,5,6,7). The number of benzene rings is 1. The van der Waals surface area contributed by atoms with Crippen molar-refractivity contribution in [3.63, 3.8) is 0 Å². The highest BCUT2D eigenvalue weighted by Crippen LogP contribution is 2.20. The molecule has 1 unspecified atom stereocenters. The van der Waals surface area contributed by atoms with E-state index in [-0.39, 0.29) is 6.04 Å². The Bertz CT molecular complexity index is 504. The third-order valence-electron chi connectivity index (χ3n) is 2.23. The first-order valence-electron chi connectivity index (χ1n) is 5.91. The van der Waals surface area contributed by atoms with Gasteiger partial charge in [0.2, 0.25) is 0 Å². The first-order valence-corrected chi connectivity index (χ1v) is 7.35. The second-order valence-corrected chi connectivity index (χ2v) is 6.05. The van der Waals surface area contributed by atoms with E-state index < -0.39 is 15.6 Å². The summed E-state index contributed by atoms with van der Waals surface area (Å²) in [5.74, 6) is 0. The number of halogens is 3. The summed E-state index contributed by atoms with van der Waals surface area (Å²) in [5.41, 5.74) is 1.75. The lowest BCUT2D eigenvalue weighted by molar-refractivity contribution is -0.0510. The zero-order valence-corrected chi connectivity index (χ0v) is 12.5. The topological polar surface area (TPSA) is 83.6 Å². The second-order valence-electron chi connectivity index (χ2n) is 4.63. The summed E-state index contributed by atoms with van der Waals surface area (Å²) in [4.78, 5) is 2.12. The van der Waals surface area contributed by atoms with Crippen LogP contribution in [0.15, 0.2) is 30.3 Å². The summed E-state index contributed by atoms with van der Waals surface area (Å²) in [6.45, 7) is 0.939. The Hall–Kier alpha value is -1.16. The summed E-state index contributed by atoms with van der Waals surface area (Å²) in [6, 6.07) is 10.6. The summed E-state index contributed by atoms with van der Waals surface area (Å²) in [5, 5.41) is 0. The lowest BCUT2D eigenvalue weighted by atomic mass is 10.1. The fraction of sp³-hybridized carbons (Fsp3) is 0.500. The third-order valence-corrected chi connectivity index (χ3v) is 2.82. The molecule has 0 amide bonds. The Balaban J connectivity index is 0.000000433. The lowest BCUT2D eigenvalue weighted by Crippen LogP contribution is -2.34. The minimum absolute atomic E-state index is 0.234. The second kappa shape index (κ2) is 8.32. The van der Waals surface area contributed by atoms with Gasteiger partial charge in [0.1, 0.15) is 0 Å². The number of hydrogen-bond donors (Lipinski definition) is 2. The van der Waals surface area contributed by atoms with Crippen LogP contribution in [-0.2, 0) is 16.5 Å². The number of likely N-dealkylation sites (N-methyl/N-ethyl adjacent to an activating group) is 1. The van der Waals surface area contributed by atoms with Crippen LogP contribution in [0.3, 0.4) is 0 Å².